The second kappa shape index (κ2) is 43.2. The molecular formula is C86H96Br2Cl2O16S2. The van der Waals surface area contributed by atoms with Gasteiger partial charge in [-0.3, -0.25) is 38.4 Å². The van der Waals surface area contributed by atoms with Crippen LogP contribution in [0, 0.1) is 47.3 Å². The summed E-state index contributed by atoms with van der Waals surface area (Å²) in [4.78, 5) is 101. The summed E-state index contributed by atoms with van der Waals surface area (Å²) in [5.41, 5.74) is 2.42. The Morgan fingerprint density at radius 2 is 0.426 bits per heavy atom. The van der Waals surface area contributed by atoms with Gasteiger partial charge in [-0.15, -0.1) is 23.5 Å². The molecule has 0 bridgehead atoms. The molecule has 8 aromatic rings. The van der Waals surface area contributed by atoms with Gasteiger partial charge in [-0.1, -0.05) is 93.2 Å². The van der Waals surface area contributed by atoms with Gasteiger partial charge in [-0.25, -0.2) is 0 Å². The molecule has 8 aromatic carbocycles. The first kappa shape index (κ1) is 83.8. The van der Waals surface area contributed by atoms with Crippen LogP contribution in [0.15, 0.2) is 213 Å². The number of hydrogen-bond acceptors (Lipinski definition) is 18. The Labute approximate surface area is 672 Å². The van der Waals surface area contributed by atoms with Crippen LogP contribution in [-0.4, -0.2) is 60.3 Å². The second-order valence-electron chi connectivity index (χ2n) is 26.7. The fraction of sp³-hybridized carbons (Fsp3) is 0.349. The maximum absolute atomic E-state index is 12.4. The molecule has 108 heavy (non-hydrogen) atoms. The summed E-state index contributed by atoms with van der Waals surface area (Å²) < 4.78 is 45.5. The van der Waals surface area contributed by atoms with Crippen LogP contribution in [0.2, 0.25) is 10.0 Å². The van der Waals surface area contributed by atoms with E-state index < -0.39 is 0 Å². The Bertz CT molecular complexity index is 3690. The molecule has 4 fully saturated rings. The van der Waals surface area contributed by atoms with Crippen molar-refractivity contribution < 1.29 is 82.0 Å². The molecule has 0 N–H and O–H groups in total. The molecule has 576 valence electrons. The SMILES string of the molecule is CCc1ccc(OC(=O)C2CCC(C(=O)Oc3ccc(CC)cc3)CC2)cc1.CSc1ccc(OC(=O)C2CCC(C(=O)Oc3ccc(SC)cc3)CC2)cc1.O=C(Oc1ccc(Br)cc1)C1CCC(C(=O)Oc2ccc(Br)cc2)CC1.O=C(Oc1ccc(Cl)cc1)C1CCC(C(=O)Oc2ccc(Cl)cc2)CC1.[HH].[HH].[HH].[HH]. The van der Waals surface area contributed by atoms with Crippen molar-refractivity contribution in [3.63, 3.8) is 0 Å². The summed E-state index contributed by atoms with van der Waals surface area (Å²) in [5.74, 6) is 1.12. The third kappa shape index (κ3) is 27.1. The summed E-state index contributed by atoms with van der Waals surface area (Å²) in [5, 5.41) is 1.18. The van der Waals surface area contributed by atoms with Crippen molar-refractivity contribution in [3.8, 4) is 46.0 Å². The van der Waals surface area contributed by atoms with Crippen LogP contribution in [0.5, 0.6) is 46.0 Å². The fourth-order valence-corrected chi connectivity index (χ4v) is 14.3. The van der Waals surface area contributed by atoms with E-state index in [1.165, 1.54) is 11.1 Å². The molecule has 0 amide bonds. The van der Waals surface area contributed by atoms with Crippen molar-refractivity contribution in [1.82, 2.24) is 0 Å². The maximum atomic E-state index is 12.4. The second-order valence-corrected chi connectivity index (χ2v) is 31.2. The van der Waals surface area contributed by atoms with Crippen LogP contribution < -0.4 is 37.9 Å². The number of thioether (sulfide) groups is 2. The van der Waals surface area contributed by atoms with Gasteiger partial charge in [-0.2, -0.15) is 0 Å². The third-order valence-electron chi connectivity index (χ3n) is 19.4. The molecule has 0 spiro atoms. The largest absolute Gasteiger partial charge is 0.426 e. The zero-order valence-electron chi connectivity index (χ0n) is 60.7. The quantitative estimate of drug-likeness (QED) is 0.0394. The number of benzene rings is 8. The van der Waals surface area contributed by atoms with E-state index in [2.05, 4.69) is 45.7 Å². The number of carbonyl (C=O) groups is 8. The summed E-state index contributed by atoms with van der Waals surface area (Å²) >= 11 is 21.6. The molecule has 22 heteroatoms. The third-order valence-corrected chi connectivity index (χ3v) is 22.4. The highest BCUT2D eigenvalue weighted by molar-refractivity contribution is 9.10. The molecule has 4 aliphatic carbocycles. The lowest BCUT2D eigenvalue weighted by molar-refractivity contribution is -0.145. The van der Waals surface area contributed by atoms with Crippen molar-refractivity contribution in [2.45, 2.75) is 139 Å². The number of halogens is 4. The number of rotatable bonds is 20. The first-order chi connectivity index (χ1) is 52.2. The molecule has 0 aliphatic heterocycles. The lowest BCUT2D eigenvalue weighted by Gasteiger charge is -2.25. The Hall–Kier alpha value is -8.24. The van der Waals surface area contributed by atoms with E-state index in [4.69, 9.17) is 61.1 Å². The van der Waals surface area contributed by atoms with Crippen LogP contribution in [0.4, 0.5) is 0 Å². The molecule has 0 heterocycles. The topological polar surface area (TPSA) is 210 Å². The lowest BCUT2D eigenvalue weighted by atomic mass is 9.82. The van der Waals surface area contributed by atoms with Crippen molar-refractivity contribution in [2.75, 3.05) is 12.5 Å². The van der Waals surface area contributed by atoms with Crippen molar-refractivity contribution in [1.29, 1.82) is 0 Å². The van der Waals surface area contributed by atoms with E-state index in [0.29, 0.717) is 159 Å². The first-order valence-corrected chi connectivity index (χ1v) is 41.2. The predicted molar refractivity (Wildman–Crippen MR) is 435 cm³/mol. The summed E-state index contributed by atoms with van der Waals surface area (Å²) in [6.07, 6.45) is 16.1. The van der Waals surface area contributed by atoms with E-state index in [0.717, 1.165) is 31.6 Å². The van der Waals surface area contributed by atoms with Crippen molar-refractivity contribution in [3.05, 3.63) is 224 Å². The molecule has 0 saturated heterocycles. The highest BCUT2D eigenvalue weighted by atomic mass is 79.9. The maximum Gasteiger partial charge on any atom is 0.314 e. The van der Waals surface area contributed by atoms with Crippen molar-refractivity contribution >= 4 is 126 Å². The smallest absolute Gasteiger partial charge is 0.314 e. The highest BCUT2D eigenvalue weighted by Crippen LogP contribution is 2.37. The monoisotopic (exact) mass is 1680 g/mol. The van der Waals surface area contributed by atoms with Gasteiger partial charge in [0, 0.05) is 34.5 Å². The van der Waals surface area contributed by atoms with Gasteiger partial charge < -0.3 is 37.9 Å². The van der Waals surface area contributed by atoms with Crippen LogP contribution in [-0.2, 0) is 51.2 Å². The summed E-state index contributed by atoms with van der Waals surface area (Å²) in [6.45, 7) is 4.18. The zero-order chi connectivity index (χ0) is 76.9. The van der Waals surface area contributed by atoms with Gasteiger partial charge in [0.25, 0.3) is 0 Å². The number of hydrogen-bond donors (Lipinski definition) is 0. The molecule has 0 radical (unpaired) electrons. The minimum Gasteiger partial charge on any atom is -0.426 e. The molecule has 16 nitrogen and oxygen atoms in total. The fourth-order valence-electron chi connectivity index (χ4n) is 12.7. The number of carbonyl (C=O) groups excluding carboxylic acids is 8. The van der Waals surface area contributed by atoms with Gasteiger partial charge in [0.1, 0.15) is 46.0 Å². The average Bonchev–Trinajstić information content (AvgIpc) is 0.861. The van der Waals surface area contributed by atoms with Crippen LogP contribution in [0.1, 0.15) is 133 Å². The van der Waals surface area contributed by atoms with E-state index >= 15 is 0 Å². The highest BCUT2D eigenvalue weighted by Gasteiger charge is 2.36. The van der Waals surface area contributed by atoms with Gasteiger partial charge in [0.05, 0.1) is 47.3 Å². The van der Waals surface area contributed by atoms with Crippen molar-refractivity contribution in [2.24, 2.45) is 47.3 Å². The number of aryl methyl sites for hydroxylation is 2. The van der Waals surface area contributed by atoms with Crippen LogP contribution >= 0.6 is 78.6 Å². The predicted octanol–water partition coefficient (Wildman–Crippen LogP) is 22.4. The minimum absolute atomic E-state index is 0. The van der Waals surface area contributed by atoms with Crippen LogP contribution in [0.3, 0.4) is 0 Å². The van der Waals surface area contributed by atoms with E-state index in [9.17, 15) is 38.4 Å². The summed E-state index contributed by atoms with van der Waals surface area (Å²) in [6, 6.07) is 57.9. The van der Waals surface area contributed by atoms with E-state index in [-0.39, 0.29) is 101 Å². The Morgan fingerprint density at radius 3 is 0.583 bits per heavy atom. The minimum atomic E-state index is -0.267. The van der Waals surface area contributed by atoms with E-state index in [1.54, 1.807) is 96.3 Å². The first-order valence-electron chi connectivity index (χ1n) is 36.4. The van der Waals surface area contributed by atoms with Gasteiger partial charge in [-0.05, 0) is 309 Å². The standard InChI is InChI=1S/C24H28O4.C22H24O4S2.C20H18Br2O4.C20H18Cl2O4.4H2/c1-3-17-5-13-21(14-6-17)27-23(25)19-9-11-20(12-10-19)24(26)28-22-15-7-18(4-2)8-16-22;1-27-19-11-7-17(8-12-19)25-21(23)15-3-5-16(6-4-15)22(24)26-18-9-13-20(28-2)14-10-18;2*21-15-5-9-17(10-6-15)25-19(23)13-1-2-14(4-3-13)20(24)26-18-11-7-16(22)8-12-18;;;;/h5-8,13-16,19-20H,3-4,9-12H2,1-2H3;7-16H,3-6H2,1-2H3;2*5-14H,1-4H2;4*1H. The van der Waals surface area contributed by atoms with Gasteiger partial charge >= 0.3 is 47.8 Å². The Balaban J connectivity index is 0.000000264. The molecule has 0 unspecified atom stereocenters. The number of esters is 8. The molecule has 12 rings (SSSR count). The molecular weight excluding hydrogens is 1580 g/mol. The normalized spacial score (nSPS) is 19.3. The molecule has 0 atom stereocenters. The average molecular weight is 1680 g/mol. The molecule has 0 aromatic heterocycles. The Kier molecular flexibility index (Phi) is 33.5. The zero-order valence-corrected chi connectivity index (χ0v) is 67.0. The Morgan fingerprint density at radius 1 is 0.278 bits per heavy atom. The van der Waals surface area contributed by atoms with Gasteiger partial charge in [0.15, 0.2) is 0 Å². The van der Waals surface area contributed by atoms with E-state index in [1.807, 2.05) is 134 Å². The molecule has 4 saturated carbocycles. The van der Waals surface area contributed by atoms with Crippen LogP contribution in [0.25, 0.3) is 0 Å². The van der Waals surface area contributed by atoms with Gasteiger partial charge in [0.2, 0.25) is 0 Å². The molecule has 4 aliphatic rings. The number of ether oxygens (including phenoxy) is 8. The summed E-state index contributed by atoms with van der Waals surface area (Å²) in [7, 11) is 0. The lowest BCUT2D eigenvalue weighted by Crippen LogP contribution is -2.30.